The fourth-order valence-electron chi connectivity index (χ4n) is 1.45. The van der Waals surface area contributed by atoms with Crippen molar-refractivity contribution in [2.45, 2.75) is 17.1 Å². The highest BCUT2D eigenvalue weighted by molar-refractivity contribution is 8.00. The number of carbonyl (C=O) groups excluding carboxylic acids is 2. The summed E-state index contributed by atoms with van der Waals surface area (Å²) in [5, 5.41) is 2.66. The van der Waals surface area contributed by atoms with Gasteiger partial charge in [0.05, 0.1) is 23.6 Å². The van der Waals surface area contributed by atoms with Crippen LogP contribution in [0.3, 0.4) is 0 Å². The van der Waals surface area contributed by atoms with Gasteiger partial charge < -0.3 is 10.1 Å². The van der Waals surface area contributed by atoms with Gasteiger partial charge in [0.1, 0.15) is 0 Å². The van der Waals surface area contributed by atoms with Crippen LogP contribution in [0.1, 0.15) is 17.3 Å². The monoisotopic (exact) mass is 237 g/mol. The van der Waals surface area contributed by atoms with E-state index in [1.807, 2.05) is 13.0 Å². The van der Waals surface area contributed by atoms with Crippen LogP contribution in [0.25, 0.3) is 0 Å². The number of ether oxygens (including phenoxy) is 1. The zero-order valence-electron chi connectivity index (χ0n) is 8.94. The quantitative estimate of drug-likeness (QED) is 0.758. The molecule has 84 valence electrons. The van der Waals surface area contributed by atoms with Crippen LogP contribution in [0, 0.1) is 0 Å². The number of rotatable bonds is 1. The minimum atomic E-state index is -0.402. The Balaban J connectivity index is 2.36. The molecule has 0 saturated carbocycles. The van der Waals surface area contributed by atoms with Gasteiger partial charge in [-0.15, -0.1) is 11.8 Å². The van der Waals surface area contributed by atoms with E-state index in [2.05, 4.69) is 10.1 Å². The first-order chi connectivity index (χ1) is 7.61. The number of esters is 1. The van der Waals surface area contributed by atoms with Gasteiger partial charge in [-0.05, 0) is 25.1 Å². The number of amides is 1. The van der Waals surface area contributed by atoms with Crippen LogP contribution in [0.5, 0.6) is 0 Å². The molecule has 0 aliphatic carbocycles. The van der Waals surface area contributed by atoms with Crippen LogP contribution in [0.2, 0.25) is 0 Å². The van der Waals surface area contributed by atoms with E-state index in [0.717, 1.165) is 4.90 Å². The molecule has 0 aromatic heterocycles. The number of fused-ring (bicyclic) bond motifs is 1. The third-order valence-corrected chi connectivity index (χ3v) is 3.51. The normalized spacial score (nSPS) is 18.6. The second kappa shape index (κ2) is 4.17. The molecule has 0 spiro atoms. The van der Waals surface area contributed by atoms with E-state index in [1.54, 1.807) is 12.1 Å². The molecule has 1 aliphatic heterocycles. The summed E-state index contributed by atoms with van der Waals surface area (Å²) in [6.07, 6.45) is 0. The second-order valence-corrected chi connectivity index (χ2v) is 4.83. The number of carbonyl (C=O) groups is 2. The number of anilines is 1. The van der Waals surface area contributed by atoms with Gasteiger partial charge in [0, 0.05) is 4.90 Å². The zero-order valence-corrected chi connectivity index (χ0v) is 9.76. The number of benzene rings is 1. The topological polar surface area (TPSA) is 55.4 Å². The van der Waals surface area contributed by atoms with E-state index in [0.29, 0.717) is 11.3 Å². The van der Waals surface area contributed by atoms with Crippen molar-refractivity contribution >= 4 is 29.3 Å². The highest BCUT2D eigenvalue weighted by atomic mass is 32.2. The average molecular weight is 237 g/mol. The summed E-state index contributed by atoms with van der Waals surface area (Å²) >= 11 is 1.48. The minimum absolute atomic E-state index is 0.0421. The van der Waals surface area contributed by atoms with Crippen molar-refractivity contribution in [1.29, 1.82) is 0 Å². The first-order valence-corrected chi connectivity index (χ1v) is 5.69. The SMILES string of the molecule is COC(=O)c1ccc2c(c1)NC(=O)C(C)S2. The van der Waals surface area contributed by atoms with Gasteiger partial charge in [-0.2, -0.15) is 0 Å². The lowest BCUT2D eigenvalue weighted by molar-refractivity contribution is -0.115. The molecule has 2 rings (SSSR count). The fraction of sp³-hybridized carbons (Fsp3) is 0.273. The second-order valence-electron chi connectivity index (χ2n) is 3.45. The number of thioether (sulfide) groups is 1. The zero-order chi connectivity index (χ0) is 11.7. The molecule has 1 amide bonds. The smallest absolute Gasteiger partial charge is 0.337 e. The van der Waals surface area contributed by atoms with Gasteiger partial charge in [0.25, 0.3) is 0 Å². The molecule has 1 heterocycles. The number of hydrogen-bond acceptors (Lipinski definition) is 4. The Labute approximate surface area is 97.4 Å². The Hall–Kier alpha value is -1.49. The van der Waals surface area contributed by atoms with Gasteiger partial charge in [-0.3, -0.25) is 4.79 Å². The largest absolute Gasteiger partial charge is 0.465 e. The van der Waals surface area contributed by atoms with Crippen LogP contribution < -0.4 is 5.32 Å². The molecule has 1 aromatic carbocycles. The molecule has 1 aliphatic rings. The Morgan fingerprint density at radius 1 is 1.50 bits per heavy atom. The molecule has 1 aromatic rings. The van der Waals surface area contributed by atoms with Gasteiger partial charge in [0.2, 0.25) is 5.91 Å². The maximum atomic E-state index is 11.5. The molecular formula is C11H11NO3S. The van der Waals surface area contributed by atoms with Crippen LogP contribution in [-0.2, 0) is 9.53 Å². The predicted molar refractivity (Wildman–Crippen MR) is 61.7 cm³/mol. The van der Waals surface area contributed by atoms with Crippen LogP contribution in [0.4, 0.5) is 5.69 Å². The number of hydrogen-bond donors (Lipinski definition) is 1. The molecule has 0 bridgehead atoms. The Morgan fingerprint density at radius 2 is 2.25 bits per heavy atom. The van der Waals surface area contributed by atoms with Crippen molar-refractivity contribution in [2.75, 3.05) is 12.4 Å². The van der Waals surface area contributed by atoms with E-state index >= 15 is 0 Å². The third-order valence-electron chi connectivity index (χ3n) is 2.33. The summed E-state index contributed by atoms with van der Waals surface area (Å²) in [7, 11) is 1.33. The standard InChI is InChI=1S/C11H11NO3S/c1-6-10(13)12-8-5-7(11(14)15-2)3-4-9(8)16-6/h3-6H,1-2H3,(H,12,13). The number of nitrogens with one attached hydrogen (secondary N) is 1. The molecule has 4 nitrogen and oxygen atoms in total. The highest BCUT2D eigenvalue weighted by Crippen LogP contribution is 2.35. The maximum absolute atomic E-state index is 11.5. The predicted octanol–water partition coefficient (Wildman–Crippen LogP) is 1.91. The average Bonchev–Trinajstić information content (AvgIpc) is 2.29. The van der Waals surface area contributed by atoms with Crippen molar-refractivity contribution in [3.63, 3.8) is 0 Å². The first-order valence-electron chi connectivity index (χ1n) is 4.81. The summed E-state index contributed by atoms with van der Waals surface area (Å²) in [6.45, 7) is 1.84. The van der Waals surface area contributed by atoms with Crippen LogP contribution >= 0.6 is 11.8 Å². The summed E-state index contributed by atoms with van der Waals surface area (Å²) < 4.78 is 4.62. The van der Waals surface area contributed by atoms with Crippen molar-refractivity contribution < 1.29 is 14.3 Å². The van der Waals surface area contributed by atoms with Crippen molar-refractivity contribution in [3.8, 4) is 0 Å². The molecule has 0 saturated heterocycles. The van der Waals surface area contributed by atoms with Crippen molar-refractivity contribution in [3.05, 3.63) is 23.8 Å². The van der Waals surface area contributed by atoms with Gasteiger partial charge in [-0.25, -0.2) is 4.79 Å². The first kappa shape index (κ1) is 11.0. The summed E-state index contributed by atoms with van der Waals surface area (Å²) in [5.74, 6) is -0.444. The van der Waals surface area contributed by atoms with Crippen molar-refractivity contribution in [1.82, 2.24) is 0 Å². The molecule has 1 unspecified atom stereocenters. The molecule has 1 atom stereocenters. The third kappa shape index (κ3) is 1.90. The van der Waals surface area contributed by atoms with Crippen molar-refractivity contribution in [2.24, 2.45) is 0 Å². The van der Waals surface area contributed by atoms with Gasteiger partial charge in [0.15, 0.2) is 0 Å². The van der Waals surface area contributed by atoms with E-state index in [9.17, 15) is 9.59 Å². The van der Waals surface area contributed by atoms with E-state index in [-0.39, 0.29) is 11.2 Å². The molecule has 1 N–H and O–H groups in total. The lowest BCUT2D eigenvalue weighted by atomic mass is 10.2. The van der Waals surface area contributed by atoms with Crippen LogP contribution in [-0.4, -0.2) is 24.2 Å². The van der Waals surface area contributed by atoms with Crippen LogP contribution in [0.15, 0.2) is 23.1 Å². The Morgan fingerprint density at radius 3 is 2.94 bits per heavy atom. The molecule has 16 heavy (non-hydrogen) atoms. The van der Waals surface area contributed by atoms with Gasteiger partial charge >= 0.3 is 5.97 Å². The van der Waals surface area contributed by atoms with E-state index < -0.39 is 5.97 Å². The number of methoxy groups -OCH3 is 1. The highest BCUT2D eigenvalue weighted by Gasteiger charge is 2.23. The fourth-order valence-corrected chi connectivity index (χ4v) is 2.38. The molecular weight excluding hydrogens is 226 g/mol. The lowest BCUT2D eigenvalue weighted by Crippen LogP contribution is -2.26. The minimum Gasteiger partial charge on any atom is -0.465 e. The summed E-state index contributed by atoms with van der Waals surface area (Å²) in [6, 6.07) is 5.15. The maximum Gasteiger partial charge on any atom is 0.337 e. The van der Waals surface area contributed by atoms with E-state index in [4.69, 9.17) is 0 Å². The summed E-state index contributed by atoms with van der Waals surface area (Å²) in [5.41, 5.74) is 1.12. The Kier molecular flexibility index (Phi) is 2.87. The lowest BCUT2D eigenvalue weighted by Gasteiger charge is -2.21. The van der Waals surface area contributed by atoms with E-state index in [1.165, 1.54) is 18.9 Å². The Bertz CT molecular complexity index is 459. The summed E-state index contributed by atoms with van der Waals surface area (Å²) in [4.78, 5) is 23.7. The molecule has 0 radical (unpaired) electrons. The molecule has 5 heteroatoms. The van der Waals surface area contributed by atoms with Gasteiger partial charge in [-0.1, -0.05) is 0 Å². The molecule has 0 fully saturated rings.